The molecule has 108 valence electrons. The molecule has 2 N–H and O–H groups in total. The first-order valence-electron chi connectivity index (χ1n) is 6.90. The van der Waals surface area contributed by atoms with Gasteiger partial charge < -0.3 is 10.3 Å². The summed E-state index contributed by atoms with van der Waals surface area (Å²) in [6.45, 7) is 4.10. The van der Waals surface area contributed by atoms with E-state index in [4.69, 9.17) is 10.3 Å². The molecule has 1 heterocycles. The van der Waals surface area contributed by atoms with Crippen LogP contribution in [0.5, 0.6) is 0 Å². The molecule has 0 aliphatic rings. The predicted octanol–water partition coefficient (Wildman–Crippen LogP) is 3.34. The number of hydrogen-bond donors (Lipinski definition) is 1. The number of aryl methyl sites for hydroxylation is 2. The van der Waals surface area contributed by atoms with Gasteiger partial charge in [-0.15, -0.1) is 11.8 Å². The Kier molecular flexibility index (Phi) is 5.61. The molecule has 1 aromatic carbocycles. The molecule has 1 unspecified atom stereocenters. The maximum atomic E-state index is 5.71. The van der Waals surface area contributed by atoms with Crippen LogP contribution in [0.15, 0.2) is 33.7 Å². The van der Waals surface area contributed by atoms with Crippen LogP contribution in [0.25, 0.3) is 0 Å². The maximum absolute atomic E-state index is 5.71. The molecule has 0 radical (unpaired) electrons. The van der Waals surface area contributed by atoms with E-state index < -0.39 is 0 Å². The Labute approximate surface area is 124 Å². The van der Waals surface area contributed by atoms with Crippen LogP contribution in [0.2, 0.25) is 0 Å². The van der Waals surface area contributed by atoms with Gasteiger partial charge in [0.25, 0.3) is 0 Å². The molecular weight excluding hydrogens is 270 g/mol. The molecule has 20 heavy (non-hydrogen) atoms. The second-order valence-electron chi connectivity index (χ2n) is 5.08. The Hall–Kier alpha value is -1.33. The summed E-state index contributed by atoms with van der Waals surface area (Å²) < 4.78 is 5.24. The number of thioether (sulfide) groups is 1. The lowest BCUT2D eigenvalue weighted by molar-refractivity contribution is 0.369. The summed E-state index contributed by atoms with van der Waals surface area (Å²) in [5, 5.41) is 4.01. The highest BCUT2D eigenvalue weighted by Crippen LogP contribution is 2.21. The van der Waals surface area contributed by atoms with Gasteiger partial charge in [-0.3, -0.25) is 0 Å². The van der Waals surface area contributed by atoms with Gasteiger partial charge >= 0.3 is 0 Å². The van der Waals surface area contributed by atoms with E-state index in [2.05, 4.69) is 41.3 Å². The molecule has 1 aromatic heterocycles. The Bertz CT molecular complexity index is 522. The van der Waals surface area contributed by atoms with E-state index in [1.165, 1.54) is 10.5 Å². The first-order chi connectivity index (χ1) is 9.63. The van der Waals surface area contributed by atoms with Crippen molar-refractivity contribution in [3.63, 3.8) is 0 Å². The van der Waals surface area contributed by atoms with Crippen LogP contribution in [0.1, 0.15) is 37.0 Å². The van der Waals surface area contributed by atoms with Crippen LogP contribution in [-0.2, 0) is 12.2 Å². The summed E-state index contributed by atoms with van der Waals surface area (Å²) in [5.74, 6) is 2.20. The summed E-state index contributed by atoms with van der Waals surface area (Å²) in [5.41, 5.74) is 6.98. The number of benzene rings is 1. The van der Waals surface area contributed by atoms with Crippen molar-refractivity contribution >= 4 is 11.8 Å². The molecule has 0 fully saturated rings. The minimum absolute atomic E-state index is 0.231. The summed E-state index contributed by atoms with van der Waals surface area (Å²) in [6, 6.07) is 8.68. The lowest BCUT2D eigenvalue weighted by Gasteiger charge is -2.01. The van der Waals surface area contributed by atoms with E-state index in [0.29, 0.717) is 5.89 Å². The molecule has 2 rings (SSSR count). The molecule has 0 aliphatic heterocycles. The summed E-state index contributed by atoms with van der Waals surface area (Å²) in [7, 11) is 0. The number of nitrogens with two attached hydrogens (primary N) is 1. The first-order valence-corrected chi connectivity index (χ1v) is 7.88. The summed E-state index contributed by atoms with van der Waals surface area (Å²) in [4.78, 5) is 5.62. The molecular formula is C15H21N3OS. The molecule has 2 aromatic rings. The van der Waals surface area contributed by atoms with Gasteiger partial charge in [0, 0.05) is 17.4 Å². The van der Waals surface area contributed by atoms with Crippen LogP contribution in [0, 0.1) is 6.92 Å². The number of aromatic nitrogens is 2. The lowest BCUT2D eigenvalue weighted by Crippen LogP contribution is -2.14. The molecule has 0 bridgehead atoms. The highest BCUT2D eigenvalue weighted by molar-refractivity contribution is 7.98. The zero-order valence-corrected chi connectivity index (χ0v) is 12.8. The van der Waals surface area contributed by atoms with Crippen molar-refractivity contribution in [1.29, 1.82) is 0 Å². The van der Waals surface area contributed by atoms with Gasteiger partial charge in [-0.05, 0) is 38.8 Å². The molecule has 0 saturated heterocycles. The fourth-order valence-electron chi connectivity index (χ4n) is 1.81. The minimum Gasteiger partial charge on any atom is -0.339 e. The number of rotatable bonds is 7. The molecule has 1 atom stereocenters. The van der Waals surface area contributed by atoms with Crippen molar-refractivity contribution in [3.8, 4) is 0 Å². The zero-order chi connectivity index (χ0) is 14.4. The second-order valence-corrected chi connectivity index (χ2v) is 6.12. The van der Waals surface area contributed by atoms with Gasteiger partial charge in [0.15, 0.2) is 5.82 Å². The molecule has 0 spiro atoms. The minimum atomic E-state index is 0.231. The van der Waals surface area contributed by atoms with Crippen molar-refractivity contribution < 1.29 is 4.52 Å². The zero-order valence-electron chi connectivity index (χ0n) is 12.0. The Balaban J connectivity index is 1.79. The number of nitrogens with zero attached hydrogens (tertiary/aromatic N) is 2. The Morgan fingerprint density at radius 3 is 2.75 bits per heavy atom. The van der Waals surface area contributed by atoms with Gasteiger partial charge in [-0.2, -0.15) is 4.98 Å². The summed E-state index contributed by atoms with van der Waals surface area (Å²) in [6.07, 6.45) is 2.78. The van der Waals surface area contributed by atoms with Gasteiger partial charge in [-0.25, -0.2) is 0 Å². The van der Waals surface area contributed by atoms with Crippen molar-refractivity contribution in [2.24, 2.45) is 5.73 Å². The van der Waals surface area contributed by atoms with Crippen LogP contribution in [-0.4, -0.2) is 16.2 Å². The highest BCUT2D eigenvalue weighted by Gasteiger charge is 2.07. The largest absolute Gasteiger partial charge is 0.339 e. The lowest BCUT2D eigenvalue weighted by atomic mass is 10.1. The van der Waals surface area contributed by atoms with Crippen LogP contribution < -0.4 is 5.73 Å². The standard InChI is InChI=1S/C15H21N3OS/c1-11-6-8-13(9-7-11)20-10-14-17-15(19-18-14)5-3-4-12(2)16/h6-9,12H,3-5,10,16H2,1-2H3. The van der Waals surface area contributed by atoms with Crippen LogP contribution >= 0.6 is 11.8 Å². The molecule has 0 saturated carbocycles. The normalized spacial score (nSPS) is 12.6. The fourth-order valence-corrected chi connectivity index (χ4v) is 2.55. The third-order valence-electron chi connectivity index (χ3n) is 2.95. The predicted molar refractivity (Wildman–Crippen MR) is 81.6 cm³/mol. The van der Waals surface area contributed by atoms with Crippen molar-refractivity contribution in [2.75, 3.05) is 0 Å². The fraction of sp³-hybridized carbons (Fsp3) is 0.467. The average Bonchev–Trinajstić information content (AvgIpc) is 2.86. The van der Waals surface area contributed by atoms with Crippen molar-refractivity contribution in [2.45, 2.75) is 49.8 Å². The van der Waals surface area contributed by atoms with E-state index in [-0.39, 0.29) is 6.04 Å². The topological polar surface area (TPSA) is 64.9 Å². The van der Waals surface area contributed by atoms with Gasteiger partial charge in [-0.1, -0.05) is 22.9 Å². The third-order valence-corrected chi connectivity index (χ3v) is 3.96. The smallest absolute Gasteiger partial charge is 0.226 e. The molecule has 5 heteroatoms. The number of hydrogen-bond acceptors (Lipinski definition) is 5. The van der Waals surface area contributed by atoms with Gasteiger partial charge in [0.1, 0.15) is 0 Å². The Morgan fingerprint density at radius 1 is 1.30 bits per heavy atom. The van der Waals surface area contributed by atoms with Gasteiger partial charge in [0.05, 0.1) is 5.75 Å². The highest BCUT2D eigenvalue weighted by atomic mass is 32.2. The quantitative estimate of drug-likeness (QED) is 0.793. The van der Waals surface area contributed by atoms with Crippen LogP contribution in [0.3, 0.4) is 0 Å². The van der Waals surface area contributed by atoms with E-state index >= 15 is 0 Å². The molecule has 4 nitrogen and oxygen atoms in total. The van der Waals surface area contributed by atoms with Gasteiger partial charge in [0.2, 0.25) is 5.89 Å². The van der Waals surface area contributed by atoms with E-state index in [1.807, 2.05) is 6.92 Å². The van der Waals surface area contributed by atoms with Crippen molar-refractivity contribution in [1.82, 2.24) is 10.1 Å². The Morgan fingerprint density at radius 2 is 2.05 bits per heavy atom. The third kappa shape index (κ3) is 4.98. The van der Waals surface area contributed by atoms with Crippen LogP contribution in [0.4, 0.5) is 0 Å². The SMILES string of the molecule is Cc1ccc(SCc2noc(CCCC(C)N)n2)cc1. The van der Waals surface area contributed by atoms with E-state index in [9.17, 15) is 0 Å². The maximum Gasteiger partial charge on any atom is 0.226 e. The molecule has 0 aliphatic carbocycles. The van der Waals surface area contributed by atoms with Crippen molar-refractivity contribution in [3.05, 3.63) is 41.5 Å². The van der Waals surface area contributed by atoms with E-state index in [1.54, 1.807) is 11.8 Å². The van der Waals surface area contributed by atoms with E-state index in [0.717, 1.165) is 30.8 Å². The average molecular weight is 291 g/mol. The summed E-state index contributed by atoms with van der Waals surface area (Å²) >= 11 is 1.72. The second kappa shape index (κ2) is 7.45. The first kappa shape index (κ1) is 15.1. The molecule has 0 amide bonds. The monoisotopic (exact) mass is 291 g/mol.